The van der Waals surface area contributed by atoms with Crippen molar-refractivity contribution in [2.24, 2.45) is 0 Å². The zero-order valence-electron chi connectivity index (χ0n) is 12.7. The maximum Gasteiger partial charge on any atom is 0.223 e. The van der Waals surface area contributed by atoms with Gasteiger partial charge in [-0.2, -0.15) is 0 Å². The van der Waals surface area contributed by atoms with Crippen LogP contribution in [-0.2, 0) is 11.2 Å². The van der Waals surface area contributed by atoms with Crippen molar-refractivity contribution in [2.45, 2.75) is 32.8 Å². The molecule has 0 aliphatic carbocycles. The molecule has 0 fully saturated rings. The van der Waals surface area contributed by atoms with Gasteiger partial charge in [-0.3, -0.25) is 4.79 Å². The van der Waals surface area contributed by atoms with Crippen molar-refractivity contribution in [1.82, 2.24) is 10.2 Å². The second kappa shape index (κ2) is 7.80. The Labute approximate surface area is 135 Å². The average molecular weight is 355 g/mol. The molecule has 2 rings (SSSR count). The Bertz CT molecular complexity index is 489. The Kier molecular flexibility index (Phi) is 6.06. The number of rotatable bonds is 7. The van der Waals surface area contributed by atoms with Gasteiger partial charge >= 0.3 is 0 Å². The number of carbonyl (C=O) groups excluding carboxylic acids is 1. The lowest BCUT2D eigenvalue weighted by Gasteiger charge is -2.19. The molecule has 0 bridgehead atoms. The van der Waals surface area contributed by atoms with Crippen molar-refractivity contribution >= 4 is 21.8 Å². The van der Waals surface area contributed by atoms with Gasteiger partial charge in [0.15, 0.2) is 0 Å². The van der Waals surface area contributed by atoms with E-state index in [1.165, 1.54) is 5.56 Å². The first-order valence-corrected chi connectivity index (χ1v) is 8.36. The molecule has 0 aromatic heterocycles. The van der Waals surface area contributed by atoms with Gasteiger partial charge in [-0.25, -0.2) is 0 Å². The fraction of sp³-hybridized carbons (Fsp3) is 0.562. The smallest absolute Gasteiger partial charge is 0.223 e. The zero-order chi connectivity index (χ0) is 15.2. The van der Waals surface area contributed by atoms with E-state index in [2.05, 4.69) is 27.3 Å². The number of amides is 1. The summed E-state index contributed by atoms with van der Waals surface area (Å²) in [4.78, 5) is 13.7. The number of hydrogen-bond donors (Lipinski definition) is 1. The first-order chi connectivity index (χ1) is 10.1. The SMILES string of the molecule is CCN(CC)C(=O)CCNCC1Cc2cc(Br)ccc2O1. The van der Waals surface area contributed by atoms with Crippen molar-refractivity contribution in [3.8, 4) is 5.75 Å². The van der Waals surface area contributed by atoms with Crippen LogP contribution in [0.15, 0.2) is 22.7 Å². The standard InChI is InChI=1S/C16H23BrN2O2/c1-3-19(4-2)16(20)7-8-18-11-14-10-12-9-13(17)5-6-15(12)21-14/h5-6,9,14,18H,3-4,7-8,10-11H2,1-2H3. The number of nitrogens with zero attached hydrogens (tertiary/aromatic N) is 1. The van der Waals surface area contributed by atoms with Crippen molar-refractivity contribution in [3.63, 3.8) is 0 Å². The lowest BCUT2D eigenvalue weighted by Crippen LogP contribution is -2.35. The van der Waals surface area contributed by atoms with Crippen molar-refractivity contribution < 1.29 is 9.53 Å². The molecule has 5 heteroatoms. The third-order valence-corrected chi connectivity index (χ3v) is 4.26. The first-order valence-electron chi connectivity index (χ1n) is 7.57. The molecule has 1 amide bonds. The van der Waals surface area contributed by atoms with E-state index in [-0.39, 0.29) is 12.0 Å². The molecule has 1 aliphatic rings. The van der Waals surface area contributed by atoms with Crippen LogP contribution in [-0.4, -0.2) is 43.1 Å². The van der Waals surface area contributed by atoms with E-state index in [4.69, 9.17) is 4.74 Å². The van der Waals surface area contributed by atoms with Gasteiger partial charge in [-0.1, -0.05) is 15.9 Å². The highest BCUT2D eigenvalue weighted by Gasteiger charge is 2.22. The van der Waals surface area contributed by atoms with Crippen LogP contribution in [0.3, 0.4) is 0 Å². The number of hydrogen-bond acceptors (Lipinski definition) is 3. The van der Waals surface area contributed by atoms with Gasteiger partial charge in [-0.15, -0.1) is 0 Å². The summed E-state index contributed by atoms with van der Waals surface area (Å²) in [6, 6.07) is 6.11. The summed E-state index contributed by atoms with van der Waals surface area (Å²) in [7, 11) is 0. The molecule has 0 saturated carbocycles. The normalized spacial score (nSPS) is 16.4. The number of benzene rings is 1. The fourth-order valence-corrected chi connectivity index (χ4v) is 3.00. The zero-order valence-corrected chi connectivity index (χ0v) is 14.3. The van der Waals surface area contributed by atoms with E-state index in [0.717, 1.165) is 36.3 Å². The van der Waals surface area contributed by atoms with Gasteiger partial charge in [0.1, 0.15) is 11.9 Å². The van der Waals surface area contributed by atoms with Crippen LogP contribution in [0.4, 0.5) is 0 Å². The molecule has 0 spiro atoms. The van der Waals surface area contributed by atoms with Gasteiger partial charge in [0.2, 0.25) is 5.91 Å². The predicted octanol–water partition coefficient (Wildman–Crippen LogP) is 2.60. The minimum absolute atomic E-state index is 0.165. The molecule has 1 N–H and O–H groups in total. The summed E-state index contributed by atoms with van der Waals surface area (Å²) in [6.07, 6.45) is 1.64. The maximum absolute atomic E-state index is 11.9. The molecule has 21 heavy (non-hydrogen) atoms. The molecule has 1 unspecified atom stereocenters. The van der Waals surface area contributed by atoms with Crippen LogP contribution in [0.1, 0.15) is 25.8 Å². The van der Waals surface area contributed by atoms with Crippen molar-refractivity contribution in [2.75, 3.05) is 26.2 Å². The molecule has 0 radical (unpaired) electrons. The van der Waals surface area contributed by atoms with Crippen LogP contribution < -0.4 is 10.1 Å². The molecule has 1 aromatic carbocycles. The summed E-state index contributed by atoms with van der Waals surface area (Å²) in [5.74, 6) is 1.19. The van der Waals surface area contributed by atoms with Crippen LogP contribution >= 0.6 is 15.9 Å². The highest BCUT2D eigenvalue weighted by molar-refractivity contribution is 9.10. The van der Waals surface area contributed by atoms with Gasteiger partial charge in [0, 0.05) is 43.5 Å². The monoisotopic (exact) mass is 354 g/mol. The van der Waals surface area contributed by atoms with E-state index in [1.54, 1.807) is 0 Å². The Morgan fingerprint density at radius 2 is 2.19 bits per heavy atom. The molecule has 4 nitrogen and oxygen atoms in total. The van der Waals surface area contributed by atoms with E-state index in [9.17, 15) is 4.79 Å². The highest BCUT2D eigenvalue weighted by atomic mass is 79.9. The fourth-order valence-electron chi connectivity index (χ4n) is 2.60. The van der Waals surface area contributed by atoms with Crippen molar-refractivity contribution in [1.29, 1.82) is 0 Å². The summed E-state index contributed by atoms with van der Waals surface area (Å²) >= 11 is 3.48. The molecule has 1 aromatic rings. The van der Waals surface area contributed by atoms with Gasteiger partial charge < -0.3 is 15.0 Å². The van der Waals surface area contributed by atoms with Crippen LogP contribution in [0, 0.1) is 0 Å². The number of carbonyl (C=O) groups is 1. The van der Waals surface area contributed by atoms with Crippen LogP contribution in [0.25, 0.3) is 0 Å². The summed E-state index contributed by atoms with van der Waals surface area (Å²) < 4.78 is 6.97. The molecular formula is C16H23BrN2O2. The third kappa shape index (κ3) is 4.45. The molecule has 116 valence electrons. The Morgan fingerprint density at radius 3 is 2.90 bits per heavy atom. The van der Waals surface area contributed by atoms with Crippen molar-refractivity contribution in [3.05, 3.63) is 28.2 Å². The third-order valence-electron chi connectivity index (χ3n) is 3.77. The molecular weight excluding hydrogens is 332 g/mol. The quantitative estimate of drug-likeness (QED) is 0.765. The molecule has 0 saturated heterocycles. The van der Waals surface area contributed by atoms with Crippen LogP contribution in [0.5, 0.6) is 5.75 Å². The Morgan fingerprint density at radius 1 is 1.43 bits per heavy atom. The second-order valence-electron chi connectivity index (χ2n) is 5.22. The first kappa shape index (κ1) is 16.3. The van der Waals surface area contributed by atoms with Gasteiger partial charge in [0.05, 0.1) is 0 Å². The predicted molar refractivity (Wildman–Crippen MR) is 87.7 cm³/mol. The maximum atomic E-state index is 11.9. The van der Waals surface area contributed by atoms with Gasteiger partial charge in [-0.05, 0) is 37.6 Å². The number of ether oxygens (including phenoxy) is 1. The number of halogens is 1. The Hall–Kier alpha value is -1.07. The topological polar surface area (TPSA) is 41.6 Å². The largest absolute Gasteiger partial charge is 0.488 e. The minimum Gasteiger partial charge on any atom is -0.488 e. The number of fused-ring (bicyclic) bond motifs is 1. The minimum atomic E-state index is 0.165. The van der Waals surface area contributed by atoms with E-state index >= 15 is 0 Å². The van der Waals surface area contributed by atoms with Crippen LogP contribution in [0.2, 0.25) is 0 Å². The van der Waals surface area contributed by atoms with E-state index < -0.39 is 0 Å². The second-order valence-corrected chi connectivity index (χ2v) is 6.13. The summed E-state index contributed by atoms with van der Waals surface area (Å²) in [5.41, 5.74) is 1.25. The lowest BCUT2D eigenvalue weighted by atomic mass is 10.1. The highest BCUT2D eigenvalue weighted by Crippen LogP contribution is 2.30. The summed E-state index contributed by atoms with van der Waals surface area (Å²) in [5, 5.41) is 3.33. The lowest BCUT2D eigenvalue weighted by molar-refractivity contribution is -0.130. The van der Waals surface area contributed by atoms with E-state index in [0.29, 0.717) is 13.0 Å². The molecule has 1 aliphatic heterocycles. The molecule has 1 heterocycles. The summed E-state index contributed by atoms with van der Waals surface area (Å²) in [6.45, 7) is 7.07. The molecule has 1 atom stereocenters. The van der Waals surface area contributed by atoms with Gasteiger partial charge in [0.25, 0.3) is 0 Å². The number of nitrogens with one attached hydrogen (secondary N) is 1. The van der Waals surface area contributed by atoms with E-state index in [1.807, 2.05) is 30.9 Å². The Balaban J connectivity index is 1.68. The average Bonchev–Trinajstić information content (AvgIpc) is 2.86.